The smallest absolute Gasteiger partial charge is 0.150 e. The van der Waals surface area contributed by atoms with E-state index in [4.69, 9.17) is 4.74 Å². The normalized spacial score (nSPS) is 22.0. The van der Waals surface area contributed by atoms with Crippen LogP contribution < -0.4 is 4.74 Å². The van der Waals surface area contributed by atoms with Crippen LogP contribution in [0.3, 0.4) is 0 Å². The van der Waals surface area contributed by atoms with E-state index < -0.39 is 0 Å². The van der Waals surface area contributed by atoms with Gasteiger partial charge in [-0.2, -0.15) is 0 Å². The third kappa shape index (κ3) is 2.00. The van der Waals surface area contributed by atoms with Crippen molar-refractivity contribution in [3.05, 3.63) is 29.8 Å². The lowest BCUT2D eigenvalue weighted by Crippen LogP contribution is -2.50. The molecule has 1 unspecified atom stereocenters. The predicted molar refractivity (Wildman–Crippen MR) is 61.8 cm³/mol. The molecule has 0 saturated heterocycles. The first kappa shape index (κ1) is 10.5. The zero-order valence-electron chi connectivity index (χ0n) is 9.95. The van der Waals surface area contributed by atoms with E-state index in [9.17, 15) is 0 Å². The summed E-state index contributed by atoms with van der Waals surface area (Å²) in [5.41, 5.74) is 1.43. The Hall–Kier alpha value is -1.02. The second-order valence-corrected chi connectivity index (χ2v) is 5.12. The van der Waals surface area contributed by atoms with Crippen molar-refractivity contribution in [3.63, 3.8) is 0 Å². The van der Waals surface area contributed by atoms with Crippen molar-refractivity contribution >= 4 is 0 Å². The summed E-state index contributed by atoms with van der Waals surface area (Å²) in [7, 11) is 0. The molecule has 1 aliphatic heterocycles. The van der Waals surface area contributed by atoms with E-state index in [0.29, 0.717) is 0 Å². The zero-order chi connectivity index (χ0) is 11.1. The van der Waals surface area contributed by atoms with Gasteiger partial charge in [0.15, 0.2) is 6.23 Å². The van der Waals surface area contributed by atoms with Gasteiger partial charge in [-0.3, -0.25) is 4.90 Å². The average molecular weight is 205 g/mol. The Morgan fingerprint density at radius 3 is 2.60 bits per heavy atom. The number of nitrogens with zero attached hydrogens (tertiary/aromatic N) is 1. The van der Waals surface area contributed by atoms with E-state index >= 15 is 0 Å². The summed E-state index contributed by atoms with van der Waals surface area (Å²) in [6.45, 7) is 9.75. The van der Waals surface area contributed by atoms with E-state index in [-0.39, 0.29) is 11.8 Å². The van der Waals surface area contributed by atoms with Crippen LogP contribution in [0.4, 0.5) is 0 Å². The molecule has 0 radical (unpaired) electrons. The lowest BCUT2D eigenvalue weighted by molar-refractivity contribution is -0.0450. The highest BCUT2D eigenvalue weighted by molar-refractivity contribution is 5.34. The fraction of sp³-hybridized carbons (Fsp3) is 0.538. The van der Waals surface area contributed by atoms with Crippen LogP contribution in [0, 0.1) is 0 Å². The Labute approximate surface area is 91.9 Å². The van der Waals surface area contributed by atoms with Crippen LogP contribution in [0.2, 0.25) is 0 Å². The first-order chi connectivity index (χ1) is 6.98. The molecule has 1 atom stereocenters. The molecule has 0 N–H and O–H groups in total. The van der Waals surface area contributed by atoms with Crippen molar-refractivity contribution in [1.29, 1.82) is 0 Å². The maximum absolute atomic E-state index is 5.90. The number of para-hydroxylation sites is 1. The minimum atomic E-state index is 0.146. The number of hydrogen-bond acceptors (Lipinski definition) is 2. The van der Waals surface area contributed by atoms with E-state index in [1.165, 1.54) is 5.56 Å². The maximum Gasteiger partial charge on any atom is 0.150 e. The average Bonchev–Trinajstić information content (AvgIpc) is 2.15. The fourth-order valence-electron chi connectivity index (χ4n) is 2.09. The van der Waals surface area contributed by atoms with Gasteiger partial charge in [0.2, 0.25) is 0 Å². The quantitative estimate of drug-likeness (QED) is 0.645. The molecule has 1 aromatic rings. The molecule has 82 valence electrons. The number of rotatable bonds is 0. The predicted octanol–water partition coefficient (Wildman–Crippen LogP) is 3.03. The van der Waals surface area contributed by atoms with Crippen molar-refractivity contribution in [2.24, 2.45) is 0 Å². The van der Waals surface area contributed by atoms with Crippen LogP contribution in [0.15, 0.2) is 24.3 Å². The molecule has 1 aliphatic rings. The van der Waals surface area contributed by atoms with E-state index in [1.54, 1.807) is 0 Å². The first-order valence-electron chi connectivity index (χ1n) is 5.50. The van der Waals surface area contributed by atoms with Crippen LogP contribution in [-0.2, 0) is 6.54 Å². The van der Waals surface area contributed by atoms with Crippen molar-refractivity contribution < 1.29 is 4.74 Å². The Bertz CT molecular complexity index is 354. The fourth-order valence-corrected chi connectivity index (χ4v) is 2.09. The number of benzene rings is 1. The van der Waals surface area contributed by atoms with E-state index in [1.807, 2.05) is 12.1 Å². The molecule has 0 fully saturated rings. The van der Waals surface area contributed by atoms with Gasteiger partial charge in [-0.25, -0.2) is 0 Å². The molecular formula is C13H19NO. The largest absolute Gasteiger partial charge is 0.475 e. The number of hydrogen-bond donors (Lipinski definition) is 0. The highest BCUT2D eigenvalue weighted by Crippen LogP contribution is 2.31. The van der Waals surface area contributed by atoms with Gasteiger partial charge in [-0.1, -0.05) is 18.2 Å². The van der Waals surface area contributed by atoms with E-state index in [0.717, 1.165) is 12.3 Å². The topological polar surface area (TPSA) is 12.5 Å². The Kier molecular flexibility index (Phi) is 2.47. The minimum absolute atomic E-state index is 0.146. The monoisotopic (exact) mass is 205 g/mol. The Morgan fingerprint density at radius 1 is 1.27 bits per heavy atom. The summed E-state index contributed by atoms with van der Waals surface area (Å²) in [5, 5.41) is 0. The first-order valence-corrected chi connectivity index (χ1v) is 5.50. The summed E-state index contributed by atoms with van der Waals surface area (Å²) in [6, 6.07) is 8.28. The van der Waals surface area contributed by atoms with E-state index in [2.05, 4.69) is 44.7 Å². The van der Waals surface area contributed by atoms with Gasteiger partial charge in [-0.15, -0.1) is 0 Å². The molecule has 15 heavy (non-hydrogen) atoms. The van der Waals surface area contributed by atoms with Gasteiger partial charge >= 0.3 is 0 Å². The molecule has 1 aromatic carbocycles. The summed E-state index contributed by atoms with van der Waals surface area (Å²) >= 11 is 0. The molecule has 2 nitrogen and oxygen atoms in total. The third-order valence-electron chi connectivity index (χ3n) is 2.91. The molecule has 0 saturated carbocycles. The lowest BCUT2D eigenvalue weighted by Gasteiger charge is -2.43. The summed E-state index contributed by atoms with van der Waals surface area (Å²) in [4.78, 5) is 2.37. The van der Waals surface area contributed by atoms with Gasteiger partial charge < -0.3 is 4.74 Å². The molecule has 0 spiro atoms. The third-order valence-corrected chi connectivity index (χ3v) is 2.91. The van der Waals surface area contributed by atoms with Crippen molar-refractivity contribution in [2.45, 2.75) is 46.0 Å². The minimum Gasteiger partial charge on any atom is -0.475 e. The van der Waals surface area contributed by atoms with Crippen molar-refractivity contribution in [1.82, 2.24) is 4.90 Å². The van der Waals surface area contributed by atoms with Crippen LogP contribution in [-0.4, -0.2) is 16.7 Å². The molecule has 0 amide bonds. The van der Waals surface area contributed by atoms with Gasteiger partial charge in [0, 0.05) is 17.6 Å². The van der Waals surface area contributed by atoms with Crippen molar-refractivity contribution in [3.8, 4) is 5.75 Å². The summed E-state index contributed by atoms with van der Waals surface area (Å²) in [5.74, 6) is 1.03. The summed E-state index contributed by atoms with van der Waals surface area (Å²) in [6.07, 6.45) is 0.153. The second kappa shape index (κ2) is 3.53. The van der Waals surface area contributed by atoms with Crippen LogP contribution in [0.5, 0.6) is 5.75 Å². The number of fused-ring (bicyclic) bond motifs is 1. The SMILES string of the molecule is CC1Oc2ccccc2CN1C(C)(C)C. The summed E-state index contributed by atoms with van der Waals surface area (Å²) < 4.78 is 5.90. The standard InChI is InChI=1S/C13H19NO/c1-10-14(13(2,3)4)9-11-7-5-6-8-12(11)15-10/h5-8,10H,9H2,1-4H3. The van der Waals surface area contributed by atoms with Gasteiger partial charge in [0.25, 0.3) is 0 Å². The maximum atomic E-state index is 5.90. The van der Waals surface area contributed by atoms with Crippen molar-refractivity contribution in [2.75, 3.05) is 0 Å². The van der Waals surface area contributed by atoms with Gasteiger partial charge in [0.05, 0.1) is 0 Å². The highest BCUT2D eigenvalue weighted by Gasteiger charge is 2.31. The second-order valence-electron chi connectivity index (χ2n) is 5.12. The molecular weight excluding hydrogens is 186 g/mol. The Morgan fingerprint density at radius 2 is 1.93 bits per heavy atom. The highest BCUT2D eigenvalue weighted by atomic mass is 16.5. The molecule has 0 aliphatic carbocycles. The van der Waals surface area contributed by atoms with Crippen LogP contribution >= 0.6 is 0 Å². The molecule has 2 rings (SSSR count). The molecule has 1 heterocycles. The van der Waals surface area contributed by atoms with Gasteiger partial charge in [0.1, 0.15) is 5.75 Å². The lowest BCUT2D eigenvalue weighted by atomic mass is 10.0. The molecule has 0 bridgehead atoms. The molecule has 0 aromatic heterocycles. The zero-order valence-corrected chi connectivity index (χ0v) is 9.95. The Balaban J connectivity index is 2.30. The molecule has 2 heteroatoms. The van der Waals surface area contributed by atoms with Gasteiger partial charge in [-0.05, 0) is 33.8 Å². The van der Waals surface area contributed by atoms with Crippen LogP contribution in [0.1, 0.15) is 33.3 Å². The van der Waals surface area contributed by atoms with Crippen LogP contribution in [0.25, 0.3) is 0 Å². The number of ether oxygens (including phenoxy) is 1.